The Bertz CT molecular complexity index is 241. The highest BCUT2D eigenvalue weighted by atomic mass is 16.4. The number of rotatable bonds is 9. The fourth-order valence-electron chi connectivity index (χ4n) is 1.73. The fraction of sp³-hybridized carbons (Fsp3) is 0.846. The van der Waals surface area contributed by atoms with Crippen molar-refractivity contribution in [3.8, 4) is 0 Å². The van der Waals surface area contributed by atoms with Gasteiger partial charge in [-0.15, -0.1) is 0 Å². The third-order valence-corrected chi connectivity index (χ3v) is 3.09. The van der Waals surface area contributed by atoms with Crippen LogP contribution in [0, 0.1) is 5.92 Å². The van der Waals surface area contributed by atoms with Crippen LogP contribution in [0.2, 0.25) is 0 Å². The van der Waals surface area contributed by atoms with Crippen LogP contribution < -0.4 is 0 Å². The first kappa shape index (κ1) is 15.9. The molecule has 0 aliphatic carbocycles. The molecule has 0 aromatic carbocycles. The molecule has 0 saturated carbocycles. The Labute approximate surface area is 104 Å². The van der Waals surface area contributed by atoms with Gasteiger partial charge in [-0.2, -0.15) is 0 Å². The van der Waals surface area contributed by atoms with E-state index in [4.69, 9.17) is 5.11 Å². The monoisotopic (exact) mass is 243 g/mol. The molecule has 1 atom stereocenters. The summed E-state index contributed by atoms with van der Waals surface area (Å²) < 4.78 is 0. The molecule has 0 aliphatic heterocycles. The average molecular weight is 243 g/mol. The van der Waals surface area contributed by atoms with Crippen LogP contribution >= 0.6 is 0 Å². The lowest BCUT2D eigenvalue weighted by Crippen LogP contribution is -2.30. The molecule has 0 rings (SSSR count). The van der Waals surface area contributed by atoms with Crippen LogP contribution in [-0.2, 0) is 9.59 Å². The van der Waals surface area contributed by atoms with E-state index in [1.807, 2.05) is 0 Å². The molecule has 0 radical (unpaired) electrons. The summed E-state index contributed by atoms with van der Waals surface area (Å²) in [5, 5.41) is 8.55. The molecule has 1 amide bonds. The number of nitrogens with zero attached hydrogens (tertiary/aromatic N) is 1. The topological polar surface area (TPSA) is 57.6 Å². The Hall–Kier alpha value is -1.06. The van der Waals surface area contributed by atoms with Crippen LogP contribution in [0.1, 0.15) is 52.4 Å². The van der Waals surface area contributed by atoms with Crippen molar-refractivity contribution in [3.05, 3.63) is 0 Å². The van der Waals surface area contributed by atoms with E-state index in [2.05, 4.69) is 13.8 Å². The molecule has 1 N–H and O–H groups in total. The summed E-state index contributed by atoms with van der Waals surface area (Å²) in [5.41, 5.74) is 0. The quantitative estimate of drug-likeness (QED) is 0.677. The molecule has 100 valence electrons. The Morgan fingerprint density at radius 3 is 2.41 bits per heavy atom. The van der Waals surface area contributed by atoms with Crippen molar-refractivity contribution in [1.29, 1.82) is 0 Å². The summed E-state index contributed by atoms with van der Waals surface area (Å²) in [6, 6.07) is 0. The van der Waals surface area contributed by atoms with Gasteiger partial charge in [-0.3, -0.25) is 9.59 Å². The minimum atomic E-state index is -0.859. The first-order valence-electron chi connectivity index (χ1n) is 6.46. The predicted molar refractivity (Wildman–Crippen MR) is 67.8 cm³/mol. The number of hydrogen-bond donors (Lipinski definition) is 1. The van der Waals surface area contributed by atoms with Crippen LogP contribution in [0.3, 0.4) is 0 Å². The van der Waals surface area contributed by atoms with Gasteiger partial charge in [0.2, 0.25) is 5.91 Å². The smallest absolute Gasteiger partial charge is 0.305 e. The lowest BCUT2D eigenvalue weighted by atomic mass is 9.95. The number of carbonyl (C=O) groups excluding carboxylic acids is 1. The molecule has 0 aromatic rings. The van der Waals surface area contributed by atoms with E-state index >= 15 is 0 Å². The molecular formula is C13H25NO3. The molecule has 17 heavy (non-hydrogen) atoms. The summed E-state index contributed by atoms with van der Waals surface area (Å²) in [6.45, 7) is 4.55. The maximum absolute atomic E-state index is 11.8. The van der Waals surface area contributed by atoms with Crippen LogP contribution in [0.4, 0.5) is 0 Å². The van der Waals surface area contributed by atoms with Gasteiger partial charge in [0.1, 0.15) is 0 Å². The molecule has 0 fully saturated rings. The minimum Gasteiger partial charge on any atom is -0.481 e. The molecule has 0 aliphatic rings. The lowest BCUT2D eigenvalue weighted by molar-refractivity contribution is -0.138. The third kappa shape index (κ3) is 7.77. The van der Waals surface area contributed by atoms with Crippen molar-refractivity contribution in [2.45, 2.75) is 52.4 Å². The van der Waals surface area contributed by atoms with Gasteiger partial charge in [0, 0.05) is 20.0 Å². The van der Waals surface area contributed by atoms with Crippen molar-refractivity contribution in [2.75, 3.05) is 13.6 Å². The Balaban J connectivity index is 3.98. The van der Waals surface area contributed by atoms with Crippen molar-refractivity contribution in [3.63, 3.8) is 0 Å². The highest BCUT2D eigenvalue weighted by Crippen LogP contribution is 2.17. The van der Waals surface area contributed by atoms with Gasteiger partial charge >= 0.3 is 5.97 Å². The van der Waals surface area contributed by atoms with E-state index in [1.165, 1.54) is 4.90 Å². The van der Waals surface area contributed by atoms with Gasteiger partial charge in [0.05, 0.1) is 6.42 Å². The molecule has 4 nitrogen and oxygen atoms in total. The standard InChI is InChI=1S/C13H25NO3/c1-4-6-7-11(5-2)10-12(15)14(3)9-8-13(16)17/h11H,4-10H2,1-3H3,(H,16,17). The van der Waals surface area contributed by atoms with Crippen LogP contribution in [0.25, 0.3) is 0 Å². The lowest BCUT2D eigenvalue weighted by Gasteiger charge is -2.20. The zero-order valence-corrected chi connectivity index (χ0v) is 11.2. The van der Waals surface area contributed by atoms with Gasteiger partial charge in [-0.1, -0.05) is 33.1 Å². The molecule has 0 spiro atoms. The van der Waals surface area contributed by atoms with Gasteiger partial charge in [0.15, 0.2) is 0 Å². The van der Waals surface area contributed by atoms with Crippen LogP contribution in [0.15, 0.2) is 0 Å². The second-order valence-corrected chi connectivity index (χ2v) is 4.58. The number of hydrogen-bond acceptors (Lipinski definition) is 2. The molecule has 0 heterocycles. The van der Waals surface area contributed by atoms with Crippen LogP contribution in [-0.4, -0.2) is 35.5 Å². The molecular weight excluding hydrogens is 218 g/mol. The first-order valence-corrected chi connectivity index (χ1v) is 6.46. The second-order valence-electron chi connectivity index (χ2n) is 4.58. The SMILES string of the molecule is CCCCC(CC)CC(=O)N(C)CCC(=O)O. The van der Waals surface area contributed by atoms with Crippen molar-refractivity contribution < 1.29 is 14.7 Å². The fourth-order valence-corrected chi connectivity index (χ4v) is 1.73. The maximum atomic E-state index is 11.8. The molecule has 0 aromatic heterocycles. The number of unbranched alkanes of at least 4 members (excludes halogenated alkanes) is 1. The predicted octanol–water partition coefficient (Wildman–Crippen LogP) is 2.53. The number of aliphatic carboxylic acids is 1. The Kier molecular flexibility index (Phi) is 8.46. The zero-order chi connectivity index (χ0) is 13.3. The van der Waals surface area contributed by atoms with Crippen LogP contribution in [0.5, 0.6) is 0 Å². The van der Waals surface area contributed by atoms with Gasteiger partial charge in [-0.25, -0.2) is 0 Å². The number of carboxylic acid groups (broad SMARTS) is 1. The van der Waals surface area contributed by atoms with Gasteiger partial charge in [0.25, 0.3) is 0 Å². The summed E-state index contributed by atoms with van der Waals surface area (Å²) in [7, 11) is 1.68. The third-order valence-electron chi connectivity index (χ3n) is 3.09. The van der Waals surface area contributed by atoms with E-state index in [0.717, 1.165) is 25.7 Å². The normalized spacial score (nSPS) is 12.2. The van der Waals surface area contributed by atoms with Crippen molar-refractivity contribution in [1.82, 2.24) is 4.90 Å². The van der Waals surface area contributed by atoms with E-state index in [1.54, 1.807) is 7.05 Å². The number of carboxylic acids is 1. The van der Waals surface area contributed by atoms with E-state index < -0.39 is 5.97 Å². The maximum Gasteiger partial charge on any atom is 0.305 e. The summed E-state index contributed by atoms with van der Waals surface area (Å²) in [6.07, 6.45) is 4.98. The summed E-state index contributed by atoms with van der Waals surface area (Å²) in [4.78, 5) is 23.8. The summed E-state index contributed by atoms with van der Waals surface area (Å²) in [5.74, 6) is -0.355. The number of amides is 1. The molecule has 4 heteroatoms. The second kappa shape index (κ2) is 9.02. The highest BCUT2D eigenvalue weighted by Gasteiger charge is 2.15. The van der Waals surface area contributed by atoms with E-state index in [9.17, 15) is 9.59 Å². The summed E-state index contributed by atoms with van der Waals surface area (Å²) >= 11 is 0. The minimum absolute atomic E-state index is 0.0218. The molecule has 1 unspecified atom stereocenters. The molecule has 0 bridgehead atoms. The number of carbonyl (C=O) groups is 2. The average Bonchev–Trinajstić information content (AvgIpc) is 2.30. The Morgan fingerprint density at radius 1 is 1.29 bits per heavy atom. The largest absolute Gasteiger partial charge is 0.481 e. The Morgan fingerprint density at radius 2 is 1.94 bits per heavy atom. The van der Waals surface area contributed by atoms with Gasteiger partial charge < -0.3 is 10.0 Å². The van der Waals surface area contributed by atoms with Crippen molar-refractivity contribution >= 4 is 11.9 Å². The first-order chi connectivity index (χ1) is 8.01. The van der Waals surface area contributed by atoms with E-state index in [0.29, 0.717) is 18.9 Å². The van der Waals surface area contributed by atoms with E-state index in [-0.39, 0.29) is 12.3 Å². The zero-order valence-electron chi connectivity index (χ0n) is 11.2. The van der Waals surface area contributed by atoms with Crippen molar-refractivity contribution in [2.24, 2.45) is 5.92 Å². The highest BCUT2D eigenvalue weighted by molar-refractivity contribution is 5.77. The van der Waals surface area contributed by atoms with Gasteiger partial charge in [-0.05, 0) is 12.3 Å². The molecule has 0 saturated heterocycles.